The standard InChI is InChI=1S/C16H24N2O5S.ClH/c1-22-14-9-12(16(19)23-2)7-8-15(14)24(20,21)18-13(10-17)11-5-3-4-6-11;/h7-9,11,13,18H,3-6,10,17H2,1-2H3;1H. The Morgan fingerprint density at radius 1 is 1.32 bits per heavy atom. The van der Waals surface area contributed by atoms with Gasteiger partial charge in [0.1, 0.15) is 10.6 Å². The third-order valence-electron chi connectivity index (χ3n) is 4.40. The van der Waals surface area contributed by atoms with Crippen LogP contribution in [0.1, 0.15) is 36.0 Å². The van der Waals surface area contributed by atoms with Crippen LogP contribution in [0.4, 0.5) is 0 Å². The zero-order valence-corrected chi connectivity index (χ0v) is 16.0. The van der Waals surface area contributed by atoms with Gasteiger partial charge >= 0.3 is 5.97 Å². The van der Waals surface area contributed by atoms with Crippen molar-refractivity contribution >= 4 is 28.4 Å². The lowest BCUT2D eigenvalue weighted by Gasteiger charge is -2.23. The Morgan fingerprint density at radius 2 is 1.96 bits per heavy atom. The number of carbonyl (C=O) groups is 1. The van der Waals surface area contributed by atoms with Gasteiger partial charge in [-0.15, -0.1) is 12.4 Å². The molecule has 0 aliphatic heterocycles. The van der Waals surface area contributed by atoms with Crippen LogP contribution in [0.3, 0.4) is 0 Å². The van der Waals surface area contributed by atoms with Crippen LogP contribution < -0.4 is 15.2 Å². The number of benzene rings is 1. The lowest BCUT2D eigenvalue weighted by molar-refractivity contribution is 0.0600. The molecule has 1 aromatic rings. The van der Waals surface area contributed by atoms with E-state index in [0.717, 1.165) is 25.7 Å². The molecular formula is C16H25ClN2O5S. The average Bonchev–Trinajstić information content (AvgIpc) is 3.12. The summed E-state index contributed by atoms with van der Waals surface area (Å²) in [5, 5.41) is 0. The van der Waals surface area contributed by atoms with Crippen molar-refractivity contribution in [2.75, 3.05) is 20.8 Å². The molecule has 7 nitrogen and oxygen atoms in total. The highest BCUT2D eigenvalue weighted by molar-refractivity contribution is 7.89. The highest BCUT2D eigenvalue weighted by Gasteiger charge is 2.30. The van der Waals surface area contributed by atoms with Gasteiger partial charge in [0.25, 0.3) is 0 Å². The van der Waals surface area contributed by atoms with Crippen molar-refractivity contribution in [3.05, 3.63) is 23.8 Å². The van der Waals surface area contributed by atoms with Gasteiger partial charge in [0, 0.05) is 12.6 Å². The normalized spacial score (nSPS) is 16.1. The first-order valence-corrected chi connectivity index (χ1v) is 9.40. The van der Waals surface area contributed by atoms with Gasteiger partial charge in [0.2, 0.25) is 10.0 Å². The molecule has 0 amide bonds. The molecule has 0 spiro atoms. The lowest BCUT2D eigenvalue weighted by Crippen LogP contribution is -2.44. The molecular weight excluding hydrogens is 368 g/mol. The van der Waals surface area contributed by atoms with Gasteiger partial charge in [0.15, 0.2) is 0 Å². The number of esters is 1. The number of methoxy groups -OCH3 is 2. The number of ether oxygens (including phenoxy) is 2. The van der Waals surface area contributed by atoms with Gasteiger partial charge in [-0.25, -0.2) is 17.9 Å². The Morgan fingerprint density at radius 3 is 2.48 bits per heavy atom. The van der Waals surface area contributed by atoms with Crippen LogP contribution in [0, 0.1) is 5.92 Å². The Bertz CT molecular complexity index is 690. The maximum Gasteiger partial charge on any atom is 0.337 e. The van der Waals surface area contributed by atoms with Gasteiger partial charge in [-0.2, -0.15) is 0 Å². The van der Waals surface area contributed by atoms with Crippen molar-refractivity contribution in [2.24, 2.45) is 11.7 Å². The fourth-order valence-corrected chi connectivity index (χ4v) is 4.56. The van der Waals surface area contributed by atoms with Gasteiger partial charge < -0.3 is 15.2 Å². The van der Waals surface area contributed by atoms with Gasteiger partial charge in [-0.3, -0.25) is 0 Å². The van der Waals surface area contributed by atoms with E-state index in [9.17, 15) is 13.2 Å². The number of halogens is 1. The second-order valence-corrected chi connectivity index (χ2v) is 7.55. The largest absolute Gasteiger partial charge is 0.495 e. The summed E-state index contributed by atoms with van der Waals surface area (Å²) in [4.78, 5) is 11.6. The van der Waals surface area contributed by atoms with Crippen LogP contribution in [0.2, 0.25) is 0 Å². The van der Waals surface area contributed by atoms with Crippen LogP contribution in [0.15, 0.2) is 23.1 Å². The third kappa shape index (κ3) is 5.07. The molecule has 2 rings (SSSR count). The predicted octanol–water partition coefficient (Wildman–Crippen LogP) is 1.70. The van der Waals surface area contributed by atoms with Crippen molar-refractivity contribution in [3.63, 3.8) is 0 Å². The Balaban J connectivity index is 0.00000312. The summed E-state index contributed by atoms with van der Waals surface area (Å²) in [6, 6.07) is 3.79. The number of hydrogen-bond donors (Lipinski definition) is 2. The van der Waals surface area contributed by atoms with Crippen LogP contribution >= 0.6 is 12.4 Å². The first-order valence-electron chi connectivity index (χ1n) is 7.91. The van der Waals surface area contributed by atoms with E-state index in [4.69, 9.17) is 10.5 Å². The summed E-state index contributed by atoms with van der Waals surface area (Å²) in [6.45, 7) is 0.243. The van der Waals surface area contributed by atoms with E-state index in [2.05, 4.69) is 9.46 Å². The molecule has 3 N–H and O–H groups in total. The third-order valence-corrected chi connectivity index (χ3v) is 5.93. The lowest BCUT2D eigenvalue weighted by atomic mass is 9.99. The number of sulfonamides is 1. The summed E-state index contributed by atoms with van der Waals surface area (Å²) in [6.07, 6.45) is 4.14. The Hall–Kier alpha value is -1.35. The van der Waals surface area contributed by atoms with E-state index in [1.807, 2.05) is 0 Å². The van der Waals surface area contributed by atoms with E-state index >= 15 is 0 Å². The fraction of sp³-hybridized carbons (Fsp3) is 0.562. The van der Waals surface area contributed by atoms with Crippen molar-refractivity contribution in [1.82, 2.24) is 4.72 Å². The number of rotatable bonds is 7. The van der Waals surface area contributed by atoms with E-state index in [1.54, 1.807) is 0 Å². The minimum Gasteiger partial charge on any atom is -0.495 e. The monoisotopic (exact) mass is 392 g/mol. The van der Waals surface area contributed by atoms with Crippen molar-refractivity contribution in [1.29, 1.82) is 0 Å². The molecule has 0 saturated heterocycles. The summed E-state index contributed by atoms with van der Waals surface area (Å²) >= 11 is 0. The number of carbonyl (C=O) groups excluding carboxylic acids is 1. The highest BCUT2D eigenvalue weighted by atomic mass is 35.5. The molecule has 0 radical (unpaired) electrons. The first kappa shape index (κ1) is 21.7. The molecule has 1 aliphatic rings. The quantitative estimate of drug-likeness (QED) is 0.684. The molecule has 1 unspecified atom stereocenters. The van der Waals surface area contributed by atoms with Gasteiger partial charge in [0.05, 0.1) is 19.8 Å². The smallest absolute Gasteiger partial charge is 0.337 e. The molecule has 1 aromatic carbocycles. The molecule has 0 heterocycles. The highest BCUT2D eigenvalue weighted by Crippen LogP contribution is 2.30. The van der Waals surface area contributed by atoms with Crippen molar-refractivity contribution < 1.29 is 22.7 Å². The maximum absolute atomic E-state index is 12.7. The zero-order valence-electron chi connectivity index (χ0n) is 14.4. The van der Waals surface area contributed by atoms with Gasteiger partial charge in [-0.05, 0) is 37.0 Å². The fourth-order valence-electron chi connectivity index (χ4n) is 3.09. The molecule has 142 valence electrons. The molecule has 0 aromatic heterocycles. The Labute approximate surface area is 154 Å². The predicted molar refractivity (Wildman–Crippen MR) is 96.7 cm³/mol. The molecule has 1 atom stereocenters. The summed E-state index contributed by atoms with van der Waals surface area (Å²) in [5.41, 5.74) is 5.99. The van der Waals surface area contributed by atoms with Crippen LogP contribution in [0.25, 0.3) is 0 Å². The minimum absolute atomic E-state index is 0. The SMILES string of the molecule is COC(=O)c1ccc(S(=O)(=O)NC(CN)C2CCCC2)c(OC)c1.Cl. The number of hydrogen-bond acceptors (Lipinski definition) is 6. The minimum atomic E-state index is -3.81. The molecule has 25 heavy (non-hydrogen) atoms. The van der Waals surface area contributed by atoms with Gasteiger partial charge in [-0.1, -0.05) is 12.8 Å². The van der Waals surface area contributed by atoms with E-state index in [0.29, 0.717) is 0 Å². The second-order valence-electron chi connectivity index (χ2n) is 5.87. The summed E-state index contributed by atoms with van der Waals surface area (Å²) in [5.74, 6) is -0.214. The van der Waals surface area contributed by atoms with E-state index in [-0.39, 0.29) is 47.1 Å². The summed E-state index contributed by atoms with van der Waals surface area (Å²) in [7, 11) is -1.20. The van der Waals surface area contributed by atoms with E-state index in [1.165, 1.54) is 32.4 Å². The molecule has 1 fully saturated rings. The second kappa shape index (κ2) is 9.38. The molecule has 9 heteroatoms. The molecule has 1 aliphatic carbocycles. The van der Waals surface area contributed by atoms with Crippen molar-refractivity contribution in [2.45, 2.75) is 36.6 Å². The van der Waals surface area contributed by atoms with Crippen LogP contribution in [0.5, 0.6) is 5.75 Å². The number of nitrogens with one attached hydrogen (secondary N) is 1. The van der Waals surface area contributed by atoms with E-state index < -0.39 is 16.0 Å². The maximum atomic E-state index is 12.7. The molecule has 1 saturated carbocycles. The Kier molecular flexibility index (Phi) is 8.14. The number of nitrogens with two attached hydrogens (primary N) is 1. The zero-order chi connectivity index (χ0) is 17.7. The topological polar surface area (TPSA) is 108 Å². The molecule has 0 bridgehead atoms. The average molecular weight is 393 g/mol. The van der Waals surface area contributed by atoms with Crippen molar-refractivity contribution in [3.8, 4) is 5.75 Å². The summed E-state index contributed by atoms with van der Waals surface area (Å²) < 4.78 is 37.9. The van der Waals surface area contributed by atoms with Crippen LogP contribution in [-0.2, 0) is 14.8 Å². The first-order chi connectivity index (χ1) is 11.4. The van der Waals surface area contributed by atoms with Crippen LogP contribution in [-0.4, -0.2) is 41.2 Å².